The van der Waals surface area contributed by atoms with E-state index in [1.165, 1.54) is 11.3 Å². The first-order valence-electron chi connectivity index (χ1n) is 6.74. The van der Waals surface area contributed by atoms with Crippen molar-refractivity contribution in [3.63, 3.8) is 0 Å². The van der Waals surface area contributed by atoms with Crippen molar-refractivity contribution in [1.29, 1.82) is 0 Å². The predicted molar refractivity (Wildman–Crippen MR) is 79.7 cm³/mol. The second-order valence-corrected chi connectivity index (χ2v) is 6.12. The molecule has 1 amide bonds. The highest BCUT2D eigenvalue weighted by Crippen LogP contribution is 2.34. The molecule has 2 aromatic rings. The number of aromatic nitrogens is 1. The van der Waals surface area contributed by atoms with E-state index < -0.39 is 0 Å². The van der Waals surface area contributed by atoms with Gasteiger partial charge >= 0.3 is 0 Å². The average molecular weight is 291 g/mol. The average Bonchev–Trinajstić information content (AvgIpc) is 3.05. The van der Waals surface area contributed by atoms with Crippen LogP contribution < -0.4 is 5.73 Å². The summed E-state index contributed by atoms with van der Waals surface area (Å²) in [5, 5.41) is 9.83. The topological polar surface area (TPSA) is 79.5 Å². The third-order valence-electron chi connectivity index (χ3n) is 3.81. The molecule has 1 atom stereocenters. The molecule has 1 unspecified atom stereocenters. The van der Waals surface area contributed by atoms with Crippen LogP contribution in [0.3, 0.4) is 0 Å². The van der Waals surface area contributed by atoms with Crippen LogP contribution in [0.15, 0.2) is 18.3 Å². The molecular weight excluding hydrogens is 274 g/mol. The Balaban J connectivity index is 1.84. The first-order valence-corrected chi connectivity index (χ1v) is 7.55. The number of carbonyl (C=O) groups excluding carboxylic acids is 1. The number of thiophene rings is 1. The molecule has 0 aromatic carbocycles. The Morgan fingerprint density at radius 2 is 2.45 bits per heavy atom. The van der Waals surface area contributed by atoms with Crippen LogP contribution in [0.25, 0.3) is 10.2 Å². The quantitative estimate of drug-likeness (QED) is 0.902. The van der Waals surface area contributed by atoms with E-state index in [1.54, 1.807) is 6.20 Å². The lowest BCUT2D eigenvalue weighted by atomic mass is 10.1. The van der Waals surface area contributed by atoms with Crippen LogP contribution in [0, 0.1) is 5.92 Å². The number of nitrogens with two attached hydrogens (primary N) is 1. The van der Waals surface area contributed by atoms with E-state index in [9.17, 15) is 4.79 Å². The molecule has 3 rings (SSSR count). The van der Waals surface area contributed by atoms with Gasteiger partial charge in [-0.1, -0.05) is 0 Å². The van der Waals surface area contributed by atoms with Crippen molar-refractivity contribution in [2.45, 2.75) is 12.8 Å². The summed E-state index contributed by atoms with van der Waals surface area (Å²) in [6, 6.07) is 3.72. The van der Waals surface area contributed by atoms with E-state index in [2.05, 4.69) is 4.98 Å². The summed E-state index contributed by atoms with van der Waals surface area (Å²) < 4.78 is 0. The number of pyridine rings is 1. The zero-order valence-corrected chi connectivity index (χ0v) is 11.9. The maximum Gasteiger partial charge on any atom is 0.266 e. The molecule has 0 radical (unpaired) electrons. The summed E-state index contributed by atoms with van der Waals surface area (Å²) in [5.41, 5.74) is 6.62. The van der Waals surface area contributed by atoms with Crippen molar-refractivity contribution in [2.24, 2.45) is 5.92 Å². The second kappa shape index (κ2) is 5.38. The van der Waals surface area contributed by atoms with Crippen LogP contribution in [0.4, 0.5) is 5.69 Å². The van der Waals surface area contributed by atoms with E-state index in [0.717, 1.165) is 29.6 Å². The van der Waals surface area contributed by atoms with Crippen LogP contribution >= 0.6 is 11.3 Å². The van der Waals surface area contributed by atoms with Crippen molar-refractivity contribution in [3.05, 3.63) is 23.2 Å². The van der Waals surface area contributed by atoms with E-state index in [4.69, 9.17) is 10.8 Å². The number of carbonyl (C=O) groups is 1. The molecule has 20 heavy (non-hydrogen) atoms. The fourth-order valence-corrected chi connectivity index (χ4v) is 3.72. The molecule has 1 saturated heterocycles. The summed E-state index contributed by atoms with van der Waals surface area (Å²) in [6.07, 6.45) is 3.42. The minimum atomic E-state index is -0.00839. The molecule has 0 saturated carbocycles. The van der Waals surface area contributed by atoms with Gasteiger partial charge in [-0.2, -0.15) is 0 Å². The van der Waals surface area contributed by atoms with Gasteiger partial charge in [0.15, 0.2) is 0 Å². The Morgan fingerprint density at radius 3 is 3.20 bits per heavy atom. The summed E-state index contributed by atoms with van der Waals surface area (Å²) in [5.74, 6) is 0.392. The zero-order valence-electron chi connectivity index (χ0n) is 11.1. The first kappa shape index (κ1) is 13.3. The van der Waals surface area contributed by atoms with Crippen LogP contribution in [0.1, 0.15) is 22.5 Å². The van der Waals surface area contributed by atoms with Crippen molar-refractivity contribution < 1.29 is 9.90 Å². The number of hydrogen-bond donors (Lipinski definition) is 2. The summed E-state index contributed by atoms with van der Waals surface area (Å²) in [7, 11) is 0. The molecule has 0 bridgehead atoms. The van der Waals surface area contributed by atoms with Gasteiger partial charge in [-0.3, -0.25) is 4.79 Å². The lowest BCUT2D eigenvalue weighted by Crippen LogP contribution is -2.28. The van der Waals surface area contributed by atoms with Crippen molar-refractivity contribution in [3.8, 4) is 0 Å². The van der Waals surface area contributed by atoms with Gasteiger partial charge < -0.3 is 15.7 Å². The lowest BCUT2D eigenvalue weighted by Gasteiger charge is -2.15. The number of rotatable bonds is 3. The SMILES string of the molecule is Nc1c(C(=O)N2CCC(CCO)C2)sc2ncccc12. The van der Waals surface area contributed by atoms with Crippen molar-refractivity contribution in [1.82, 2.24) is 9.88 Å². The van der Waals surface area contributed by atoms with Gasteiger partial charge in [0.2, 0.25) is 0 Å². The zero-order chi connectivity index (χ0) is 14.1. The number of nitrogen functional groups attached to an aromatic ring is 1. The highest BCUT2D eigenvalue weighted by molar-refractivity contribution is 7.21. The Bertz CT molecular complexity index is 640. The number of nitrogens with zero attached hydrogens (tertiary/aromatic N) is 2. The van der Waals surface area contributed by atoms with Gasteiger partial charge in [-0.05, 0) is 30.9 Å². The fourth-order valence-electron chi connectivity index (χ4n) is 2.69. The summed E-state index contributed by atoms with van der Waals surface area (Å²) in [6.45, 7) is 1.63. The number of likely N-dealkylation sites (tertiary alicyclic amines) is 1. The number of hydrogen-bond acceptors (Lipinski definition) is 5. The summed E-state index contributed by atoms with van der Waals surface area (Å²) >= 11 is 1.36. The van der Waals surface area contributed by atoms with Crippen molar-refractivity contribution >= 4 is 33.1 Å². The standard InChI is InChI=1S/C14H17N3O2S/c15-11-10-2-1-5-16-13(10)20-12(11)14(19)17-6-3-9(8-17)4-7-18/h1-2,5,9,18H,3-4,6-8,15H2. The number of aliphatic hydroxyl groups excluding tert-OH is 1. The molecule has 2 aromatic heterocycles. The van der Waals surface area contributed by atoms with Crippen LogP contribution in [0.2, 0.25) is 0 Å². The molecule has 1 fully saturated rings. The lowest BCUT2D eigenvalue weighted by molar-refractivity contribution is 0.0790. The fraction of sp³-hybridized carbons (Fsp3) is 0.429. The van der Waals surface area contributed by atoms with E-state index >= 15 is 0 Å². The van der Waals surface area contributed by atoms with E-state index in [-0.39, 0.29) is 12.5 Å². The largest absolute Gasteiger partial charge is 0.397 e. The van der Waals surface area contributed by atoms with Gasteiger partial charge in [-0.25, -0.2) is 4.98 Å². The predicted octanol–water partition coefficient (Wildman–Crippen LogP) is 1.72. The summed E-state index contributed by atoms with van der Waals surface area (Å²) in [4.78, 5) is 20.0. The van der Waals surface area contributed by atoms with E-state index in [0.29, 0.717) is 23.0 Å². The molecule has 1 aliphatic rings. The van der Waals surface area contributed by atoms with Gasteiger partial charge in [0.25, 0.3) is 5.91 Å². The minimum absolute atomic E-state index is 0.00839. The van der Waals surface area contributed by atoms with Gasteiger partial charge in [0.05, 0.1) is 5.69 Å². The number of aliphatic hydroxyl groups is 1. The molecule has 3 N–H and O–H groups in total. The molecule has 5 nitrogen and oxygen atoms in total. The number of anilines is 1. The van der Waals surface area contributed by atoms with Gasteiger partial charge in [0, 0.05) is 31.3 Å². The monoisotopic (exact) mass is 291 g/mol. The van der Waals surface area contributed by atoms with Gasteiger partial charge in [-0.15, -0.1) is 11.3 Å². The Hall–Kier alpha value is -1.66. The molecule has 6 heteroatoms. The second-order valence-electron chi connectivity index (χ2n) is 5.12. The van der Waals surface area contributed by atoms with Gasteiger partial charge in [0.1, 0.15) is 9.71 Å². The number of fused-ring (bicyclic) bond motifs is 1. The maximum atomic E-state index is 12.6. The third kappa shape index (κ3) is 2.25. The Kier molecular flexibility index (Phi) is 3.58. The molecule has 0 aliphatic carbocycles. The first-order chi connectivity index (χ1) is 9.70. The van der Waals surface area contributed by atoms with Crippen LogP contribution in [-0.2, 0) is 0 Å². The molecule has 3 heterocycles. The van der Waals surface area contributed by atoms with Crippen LogP contribution in [0.5, 0.6) is 0 Å². The normalized spacial score (nSPS) is 18.9. The molecule has 106 valence electrons. The Morgan fingerprint density at radius 1 is 1.60 bits per heavy atom. The minimum Gasteiger partial charge on any atom is -0.397 e. The Labute approximate surface area is 121 Å². The number of amides is 1. The van der Waals surface area contributed by atoms with E-state index in [1.807, 2.05) is 17.0 Å². The smallest absolute Gasteiger partial charge is 0.266 e. The maximum absolute atomic E-state index is 12.6. The van der Waals surface area contributed by atoms with Crippen LogP contribution in [-0.4, -0.2) is 40.6 Å². The molecular formula is C14H17N3O2S. The van der Waals surface area contributed by atoms with Crippen molar-refractivity contribution in [2.75, 3.05) is 25.4 Å². The molecule has 0 spiro atoms. The third-order valence-corrected chi connectivity index (χ3v) is 4.93. The highest BCUT2D eigenvalue weighted by Gasteiger charge is 2.29. The highest BCUT2D eigenvalue weighted by atomic mass is 32.1. The molecule has 1 aliphatic heterocycles.